The number of allylic oxidation sites excluding steroid dienone is 4. The first-order valence-electron chi connectivity index (χ1n) is 14.4. The van der Waals surface area contributed by atoms with Gasteiger partial charge >= 0.3 is 0 Å². The van der Waals surface area contributed by atoms with Crippen molar-refractivity contribution in [1.82, 2.24) is 0 Å². The maximum Gasteiger partial charge on any atom is 0.00731 e. The Kier molecular flexibility index (Phi) is 6.23. The van der Waals surface area contributed by atoms with E-state index < -0.39 is 0 Å². The van der Waals surface area contributed by atoms with Gasteiger partial charge in [-0.05, 0) is 89.6 Å². The summed E-state index contributed by atoms with van der Waals surface area (Å²) < 4.78 is 0. The normalized spacial score (nSPS) is 13.4. The molecular weight excluding hydrogens is 480 g/mol. The average Bonchev–Trinajstić information content (AvgIpc) is 2.94. The Hall–Kier alpha value is -3.64. The van der Waals surface area contributed by atoms with Crippen LogP contribution >= 0.6 is 0 Å². The van der Waals surface area contributed by atoms with Gasteiger partial charge in [0.05, 0.1) is 0 Å². The summed E-state index contributed by atoms with van der Waals surface area (Å²) in [5.41, 5.74) is 4.46. The molecule has 0 saturated heterocycles. The number of fused-ring (bicyclic) bond motifs is 2. The lowest BCUT2D eigenvalue weighted by atomic mass is 9.75. The van der Waals surface area contributed by atoms with E-state index in [2.05, 4.69) is 155 Å². The highest BCUT2D eigenvalue weighted by atomic mass is 14.3. The minimum Gasteiger partial charge on any atom is -0.102 e. The van der Waals surface area contributed by atoms with Crippen molar-refractivity contribution in [2.24, 2.45) is 0 Å². The third-order valence-electron chi connectivity index (χ3n) is 9.70. The second kappa shape index (κ2) is 8.93. The summed E-state index contributed by atoms with van der Waals surface area (Å²) in [5.74, 6) is 0. The average molecular weight is 525 g/mol. The van der Waals surface area contributed by atoms with Gasteiger partial charge in [-0.15, -0.1) is 26.3 Å². The van der Waals surface area contributed by atoms with Crippen molar-refractivity contribution in [3.05, 3.63) is 121 Å². The van der Waals surface area contributed by atoms with Gasteiger partial charge in [0, 0.05) is 21.7 Å². The van der Waals surface area contributed by atoms with Gasteiger partial charge in [-0.3, -0.25) is 0 Å². The van der Waals surface area contributed by atoms with E-state index in [4.69, 9.17) is 0 Å². The Morgan fingerprint density at radius 1 is 0.375 bits per heavy atom. The van der Waals surface area contributed by atoms with Gasteiger partial charge in [-0.25, -0.2) is 0 Å². The molecule has 0 saturated carbocycles. The Balaban J connectivity index is 2.14. The first-order chi connectivity index (χ1) is 18.6. The zero-order valence-corrected chi connectivity index (χ0v) is 25.8. The quantitative estimate of drug-likeness (QED) is 0.108. The summed E-state index contributed by atoms with van der Waals surface area (Å²) in [4.78, 5) is 0. The van der Waals surface area contributed by atoms with Crippen LogP contribution < -0.4 is 0 Å². The van der Waals surface area contributed by atoms with Crippen molar-refractivity contribution < 1.29 is 0 Å². The molecule has 0 amide bonds. The zero-order valence-electron chi connectivity index (χ0n) is 25.8. The highest BCUT2D eigenvalue weighted by molar-refractivity contribution is 6.33. The lowest BCUT2D eigenvalue weighted by Gasteiger charge is -2.28. The standard InChI is InChI=1S/C40H44/c1-13-37(5,6)27-17-25-18-28(38(7,8)14-2)23-33-34-24-30(40(11,12)16-4)20-26-19-29(39(9,10)15-3)22-32(36(26)34)31(21-27)35(25)33/h13-24H,1-4H2,5-12H3. The molecule has 5 rings (SSSR count). The van der Waals surface area contributed by atoms with Crippen LogP contribution in [0.15, 0.2) is 99.2 Å². The van der Waals surface area contributed by atoms with E-state index in [0.717, 1.165) is 0 Å². The smallest absolute Gasteiger partial charge is 0.00731 e. The van der Waals surface area contributed by atoms with Gasteiger partial charge in [0.2, 0.25) is 0 Å². The minimum absolute atomic E-state index is 0.163. The highest BCUT2D eigenvalue weighted by Gasteiger charge is 2.27. The van der Waals surface area contributed by atoms with Gasteiger partial charge in [0.25, 0.3) is 0 Å². The van der Waals surface area contributed by atoms with Crippen LogP contribution in [0, 0.1) is 0 Å². The molecule has 0 bridgehead atoms. The Morgan fingerprint density at radius 3 is 0.750 bits per heavy atom. The van der Waals surface area contributed by atoms with E-state index in [1.165, 1.54) is 65.3 Å². The van der Waals surface area contributed by atoms with E-state index in [0.29, 0.717) is 0 Å². The molecule has 0 radical (unpaired) electrons. The molecule has 0 aliphatic heterocycles. The molecule has 0 heteroatoms. The molecule has 5 aromatic rings. The van der Waals surface area contributed by atoms with Crippen molar-refractivity contribution in [1.29, 1.82) is 0 Å². The van der Waals surface area contributed by atoms with Crippen LogP contribution in [0.25, 0.3) is 43.1 Å². The first-order valence-corrected chi connectivity index (χ1v) is 14.4. The Bertz CT molecular complexity index is 1580. The van der Waals surface area contributed by atoms with E-state index in [1.54, 1.807) is 0 Å². The van der Waals surface area contributed by atoms with Crippen molar-refractivity contribution in [3.63, 3.8) is 0 Å². The molecule has 0 heterocycles. The molecule has 0 atom stereocenters. The molecule has 0 nitrogen and oxygen atoms in total. The fourth-order valence-corrected chi connectivity index (χ4v) is 5.84. The SMILES string of the molecule is C=CC(C)(C)c1cc2cc(C(C)(C)C=C)cc3c4cc(C(C)(C)C=C)cc5cc(C(C)(C)C=C)cc(c(c1)c23)c54. The summed E-state index contributed by atoms with van der Waals surface area (Å²) in [5, 5.41) is 10.4. The minimum atomic E-state index is -0.163. The molecule has 0 unspecified atom stereocenters. The maximum atomic E-state index is 4.19. The Morgan fingerprint density at radius 2 is 0.575 bits per heavy atom. The second-order valence-corrected chi connectivity index (χ2v) is 14.0. The predicted octanol–water partition coefficient (Wildman–Crippen LogP) is 11.6. The van der Waals surface area contributed by atoms with Crippen LogP contribution in [0.2, 0.25) is 0 Å². The number of rotatable bonds is 8. The van der Waals surface area contributed by atoms with Crippen LogP contribution in [-0.2, 0) is 21.7 Å². The topological polar surface area (TPSA) is 0 Å². The monoisotopic (exact) mass is 524 g/mol. The van der Waals surface area contributed by atoms with Crippen molar-refractivity contribution in [2.45, 2.75) is 77.0 Å². The van der Waals surface area contributed by atoms with Gasteiger partial charge in [-0.2, -0.15) is 0 Å². The molecule has 0 fully saturated rings. The molecular formula is C40H44. The highest BCUT2D eigenvalue weighted by Crippen LogP contribution is 2.47. The van der Waals surface area contributed by atoms with Crippen LogP contribution in [0.4, 0.5) is 0 Å². The number of hydrogen-bond acceptors (Lipinski definition) is 0. The van der Waals surface area contributed by atoms with E-state index in [9.17, 15) is 0 Å². The van der Waals surface area contributed by atoms with E-state index in [1.807, 2.05) is 0 Å². The molecule has 0 aromatic heterocycles. The van der Waals surface area contributed by atoms with E-state index in [-0.39, 0.29) is 21.7 Å². The third-order valence-corrected chi connectivity index (χ3v) is 9.70. The van der Waals surface area contributed by atoms with Crippen molar-refractivity contribution in [3.8, 4) is 0 Å². The predicted molar refractivity (Wildman–Crippen MR) is 181 cm³/mol. The van der Waals surface area contributed by atoms with Crippen LogP contribution in [0.3, 0.4) is 0 Å². The summed E-state index contributed by atoms with van der Waals surface area (Å²) in [6.07, 6.45) is 8.25. The largest absolute Gasteiger partial charge is 0.102 e. The van der Waals surface area contributed by atoms with Crippen molar-refractivity contribution in [2.75, 3.05) is 0 Å². The van der Waals surface area contributed by atoms with Gasteiger partial charge in [0.1, 0.15) is 0 Å². The fraction of sp³-hybridized carbons (Fsp3) is 0.300. The molecule has 5 aromatic carbocycles. The zero-order chi connectivity index (χ0) is 29.4. The lowest BCUT2D eigenvalue weighted by molar-refractivity contribution is 0.670. The van der Waals surface area contributed by atoms with Gasteiger partial charge in [-0.1, -0.05) is 104 Å². The number of benzene rings is 5. The van der Waals surface area contributed by atoms with E-state index >= 15 is 0 Å². The molecule has 0 aliphatic rings. The summed E-state index contributed by atoms with van der Waals surface area (Å²) in [7, 11) is 0. The fourth-order valence-electron chi connectivity index (χ4n) is 5.84. The molecule has 40 heavy (non-hydrogen) atoms. The molecule has 0 N–H and O–H groups in total. The number of hydrogen-bond donors (Lipinski definition) is 0. The Labute approximate surface area is 241 Å². The van der Waals surface area contributed by atoms with Gasteiger partial charge in [0.15, 0.2) is 0 Å². The van der Waals surface area contributed by atoms with Crippen LogP contribution in [0.1, 0.15) is 77.6 Å². The molecule has 0 aliphatic carbocycles. The summed E-state index contributed by atoms with van der Waals surface area (Å²) in [6, 6.07) is 19.2. The molecule has 204 valence electrons. The van der Waals surface area contributed by atoms with Crippen LogP contribution in [0.5, 0.6) is 0 Å². The summed E-state index contributed by atoms with van der Waals surface area (Å²) >= 11 is 0. The van der Waals surface area contributed by atoms with Gasteiger partial charge < -0.3 is 0 Å². The lowest BCUT2D eigenvalue weighted by Crippen LogP contribution is -2.15. The third kappa shape index (κ3) is 4.12. The molecule has 0 spiro atoms. The second-order valence-electron chi connectivity index (χ2n) is 14.0. The van der Waals surface area contributed by atoms with Crippen molar-refractivity contribution >= 4 is 43.1 Å². The summed E-state index contributed by atoms with van der Waals surface area (Å²) in [6.45, 7) is 34.7. The first kappa shape index (κ1) is 27.9. The van der Waals surface area contributed by atoms with Crippen LogP contribution in [-0.4, -0.2) is 0 Å². The maximum absolute atomic E-state index is 4.19.